The Hall–Kier alpha value is -0.410. The fourth-order valence-electron chi connectivity index (χ4n) is 2.49. The summed E-state index contributed by atoms with van der Waals surface area (Å²) in [6, 6.07) is 5.20. The summed E-state index contributed by atoms with van der Waals surface area (Å²) in [4.78, 5) is 0. The van der Waals surface area contributed by atoms with Crippen molar-refractivity contribution in [3.05, 3.63) is 34.1 Å². The fourth-order valence-corrected chi connectivity index (χ4v) is 2.89. The van der Waals surface area contributed by atoms with Crippen molar-refractivity contribution in [3.63, 3.8) is 0 Å². The molecule has 0 spiro atoms. The third-order valence-electron chi connectivity index (χ3n) is 3.50. The van der Waals surface area contributed by atoms with Crippen LogP contribution in [0.5, 0.6) is 0 Å². The molecular weight excluding hydrogens is 281 g/mol. The Morgan fingerprint density at radius 1 is 1.24 bits per heavy atom. The van der Waals surface area contributed by atoms with Gasteiger partial charge >= 0.3 is 0 Å². The zero-order chi connectivity index (χ0) is 12.1. The van der Waals surface area contributed by atoms with Gasteiger partial charge in [0.15, 0.2) is 0 Å². The number of hydrogen-bond acceptors (Lipinski definition) is 1. The van der Waals surface area contributed by atoms with E-state index in [2.05, 4.69) is 21.2 Å². The topological polar surface area (TPSA) is 12.0 Å². The van der Waals surface area contributed by atoms with Crippen LogP contribution in [0.2, 0.25) is 0 Å². The molecule has 0 amide bonds. The smallest absolute Gasteiger partial charge is 0.137 e. The summed E-state index contributed by atoms with van der Waals surface area (Å²) in [5, 5.41) is 3.44. The number of rotatable bonds is 4. The summed E-state index contributed by atoms with van der Waals surface area (Å²) in [5.74, 6) is 0.637. The zero-order valence-electron chi connectivity index (χ0n) is 10.0. The fraction of sp³-hybridized carbons (Fsp3) is 0.571. The highest BCUT2D eigenvalue weighted by molar-refractivity contribution is 9.10. The summed E-state index contributed by atoms with van der Waals surface area (Å²) in [5.41, 5.74) is 1.00. The van der Waals surface area contributed by atoms with Crippen molar-refractivity contribution >= 4 is 15.9 Å². The van der Waals surface area contributed by atoms with E-state index in [1.165, 1.54) is 38.2 Å². The predicted molar refractivity (Wildman–Crippen MR) is 72.4 cm³/mol. The Morgan fingerprint density at radius 2 is 2.00 bits per heavy atom. The summed E-state index contributed by atoms with van der Waals surface area (Å²) >= 11 is 3.29. The molecule has 1 fully saturated rings. The number of nitrogens with one attached hydrogen (secondary N) is 1. The first kappa shape index (κ1) is 13.0. The van der Waals surface area contributed by atoms with Crippen LogP contribution in [0.25, 0.3) is 0 Å². The molecule has 0 aliphatic heterocycles. The first-order valence-electron chi connectivity index (χ1n) is 6.41. The highest BCUT2D eigenvalue weighted by atomic mass is 79.9. The molecule has 0 aromatic heterocycles. The maximum Gasteiger partial charge on any atom is 0.137 e. The lowest BCUT2D eigenvalue weighted by atomic mass is 9.89. The van der Waals surface area contributed by atoms with Gasteiger partial charge in [0.05, 0.1) is 4.47 Å². The Morgan fingerprint density at radius 3 is 2.76 bits per heavy atom. The van der Waals surface area contributed by atoms with Crippen LogP contribution in [0.4, 0.5) is 4.39 Å². The Bertz CT molecular complexity index is 361. The molecule has 0 bridgehead atoms. The molecule has 3 heteroatoms. The van der Waals surface area contributed by atoms with Crippen molar-refractivity contribution < 1.29 is 4.39 Å². The predicted octanol–water partition coefficient (Wildman–Crippen LogP) is 4.26. The molecule has 1 aliphatic rings. The van der Waals surface area contributed by atoms with Gasteiger partial charge in [0.25, 0.3) is 0 Å². The van der Waals surface area contributed by atoms with Crippen molar-refractivity contribution in [2.45, 2.75) is 38.6 Å². The van der Waals surface area contributed by atoms with Gasteiger partial charge in [-0.05, 0) is 52.9 Å². The molecule has 0 saturated heterocycles. The molecule has 0 heterocycles. The second-order valence-electron chi connectivity index (χ2n) is 4.85. The quantitative estimate of drug-likeness (QED) is 0.876. The molecule has 1 nitrogen and oxygen atoms in total. The van der Waals surface area contributed by atoms with Crippen LogP contribution in [0.1, 0.15) is 37.7 Å². The van der Waals surface area contributed by atoms with Crippen molar-refractivity contribution in [1.29, 1.82) is 0 Å². The van der Waals surface area contributed by atoms with Gasteiger partial charge in [-0.2, -0.15) is 0 Å². The molecule has 1 aromatic rings. The highest BCUT2D eigenvalue weighted by Gasteiger charge is 2.13. The van der Waals surface area contributed by atoms with Crippen molar-refractivity contribution in [1.82, 2.24) is 5.32 Å². The minimum Gasteiger partial charge on any atom is -0.312 e. The van der Waals surface area contributed by atoms with Gasteiger partial charge in [0.1, 0.15) is 5.82 Å². The standard InChI is InChI=1S/C14H19BrFN/c15-14-12(7-4-8-13(14)16)10-17-9-11-5-2-1-3-6-11/h4,7-8,11,17H,1-3,5-6,9-10H2. The van der Waals surface area contributed by atoms with E-state index in [0.717, 1.165) is 24.6 Å². The molecule has 1 saturated carbocycles. The van der Waals surface area contributed by atoms with Crippen LogP contribution in [0.15, 0.2) is 22.7 Å². The van der Waals surface area contributed by atoms with Crippen LogP contribution >= 0.6 is 15.9 Å². The van der Waals surface area contributed by atoms with Crippen molar-refractivity contribution in [2.75, 3.05) is 6.54 Å². The summed E-state index contributed by atoms with van der Waals surface area (Å²) < 4.78 is 13.9. The van der Waals surface area contributed by atoms with Crippen LogP contribution in [0.3, 0.4) is 0 Å². The largest absolute Gasteiger partial charge is 0.312 e. The monoisotopic (exact) mass is 299 g/mol. The van der Waals surface area contributed by atoms with Crippen LogP contribution in [0, 0.1) is 11.7 Å². The van der Waals surface area contributed by atoms with Crippen molar-refractivity contribution in [3.8, 4) is 0 Å². The van der Waals surface area contributed by atoms with E-state index in [1.54, 1.807) is 6.07 Å². The molecule has 1 aromatic carbocycles. The third kappa shape index (κ3) is 3.78. The van der Waals surface area contributed by atoms with Gasteiger partial charge in [-0.15, -0.1) is 0 Å². The van der Waals surface area contributed by atoms with Gasteiger partial charge in [-0.1, -0.05) is 31.4 Å². The van der Waals surface area contributed by atoms with E-state index in [0.29, 0.717) is 4.47 Å². The molecule has 17 heavy (non-hydrogen) atoms. The Kier molecular flexibility index (Phi) is 4.99. The first-order valence-corrected chi connectivity index (χ1v) is 7.20. The average molecular weight is 300 g/mol. The van der Waals surface area contributed by atoms with Gasteiger partial charge in [-0.3, -0.25) is 0 Å². The summed E-state index contributed by atoms with van der Waals surface area (Å²) in [7, 11) is 0. The van der Waals surface area contributed by atoms with Gasteiger partial charge < -0.3 is 5.32 Å². The van der Waals surface area contributed by atoms with E-state index in [1.807, 2.05) is 6.07 Å². The number of hydrogen-bond donors (Lipinski definition) is 1. The minimum atomic E-state index is -0.179. The average Bonchev–Trinajstić information content (AvgIpc) is 2.36. The lowest BCUT2D eigenvalue weighted by molar-refractivity contribution is 0.342. The Labute approximate surface area is 111 Å². The van der Waals surface area contributed by atoms with E-state index in [4.69, 9.17) is 0 Å². The molecule has 0 atom stereocenters. The van der Waals surface area contributed by atoms with Crippen molar-refractivity contribution in [2.24, 2.45) is 5.92 Å². The van der Waals surface area contributed by atoms with Gasteiger partial charge in [0, 0.05) is 6.54 Å². The number of benzene rings is 1. The molecule has 1 N–H and O–H groups in total. The van der Waals surface area contributed by atoms with Crippen LogP contribution < -0.4 is 5.32 Å². The van der Waals surface area contributed by atoms with Gasteiger partial charge in [-0.25, -0.2) is 4.39 Å². The van der Waals surface area contributed by atoms with Crippen LogP contribution in [-0.4, -0.2) is 6.54 Å². The normalized spacial score (nSPS) is 17.3. The minimum absolute atomic E-state index is 0.179. The van der Waals surface area contributed by atoms with E-state index >= 15 is 0 Å². The lowest BCUT2D eigenvalue weighted by Crippen LogP contribution is -2.24. The summed E-state index contributed by atoms with van der Waals surface area (Å²) in [6.07, 6.45) is 6.83. The first-order chi connectivity index (χ1) is 8.27. The Balaban J connectivity index is 1.79. The molecule has 2 rings (SSSR count). The summed E-state index contributed by atoms with van der Waals surface area (Å²) in [6.45, 7) is 1.80. The van der Waals surface area contributed by atoms with E-state index < -0.39 is 0 Å². The van der Waals surface area contributed by atoms with E-state index in [9.17, 15) is 4.39 Å². The molecule has 0 radical (unpaired) electrons. The van der Waals surface area contributed by atoms with E-state index in [-0.39, 0.29) is 5.82 Å². The van der Waals surface area contributed by atoms with Gasteiger partial charge in [0.2, 0.25) is 0 Å². The second-order valence-corrected chi connectivity index (χ2v) is 5.64. The third-order valence-corrected chi connectivity index (χ3v) is 4.39. The molecule has 94 valence electrons. The molecule has 1 aliphatic carbocycles. The zero-order valence-corrected chi connectivity index (χ0v) is 11.6. The maximum atomic E-state index is 13.3. The van der Waals surface area contributed by atoms with Crippen LogP contribution in [-0.2, 0) is 6.54 Å². The molecule has 0 unspecified atom stereocenters. The second kappa shape index (κ2) is 6.50. The molecular formula is C14H19BrFN. The maximum absolute atomic E-state index is 13.3. The SMILES string of the molecule is Fc1cccc(CNCC2CCCCC2)c1Br. The lowest BCUT2D eigenvalue weighted by Gasteiger charge is -2.21. The highest BCUT2D eigenvalue weighted by Crippen LogP contribution is 2.23. The number of halogens is 2.